The minimum atomic E-state index is 0.000665. The number of hydrogen-bond donors (Lipinski definition) is 1. The number of ether oxygens (including phenoxy) is 2. The maximum absolute atomic E-state index is 12.6. The molecule has 1 saturated heterocycles. The number of carbonyl (C=O) groups excluding carboxylic acids is 1. The van der Waals surface area contributed by atoms with Gasteiger partial charge in [-0.3, -0.25) is 14.6 Å². The Labute approximate surface area is 169 Å². The molecule has 156 valence electrons. The number of benzene rings is 1. The number of amides is 1. The van der Waals surface area contributed by atoms with Crippen molar-refractivity contribution in [1.29, 1.82) is 0 Å². The van der Waals surface area contributed by atoms with Gasteiger partial charge in [-0.2, -0.15) is 0 Å². The van der Waals surface area contributed by atoms with Gasteiger partial charge in [0, 0.05) is 38.3 Å². The summed E-state index contributed by atoms with van der Waals surface area (Å²) in [7, 11) is 0. The molecule has 1 aliphatic heterocycles. The van der Waals surface area contributed by atoms with Crippen molar-refractivity contribution >= 4 is 11.6 Å². The SMILES string of the molecule is CCOc1ccc(OCC)c(NC(=O)CN2CCN(C3CCCCC3)CC2)c1. The number of piperazine rings is 1. The third-order valence-corrected chi connectivity index (χ3v) is 5.70. The van der Waals surface area contributed by atoms with E-state index in [9.17, 15) is 4.79 Å². The smallest absolute Gasteiger partial charge is 0.238 e. The Balaban J connectivity index is 1.50. The lowest BCUT2D eigenvalue weighted by molar-refractivity contribution is -0.117. The molecular formula is C22H35N3O3. The Morgan fingerprint density at radius 1 is 1.04 bits per heavy atom. The second kappa shape index (κ2) is 10.7. The zero-order chi connectivity index (χ0) is 19.8. The zero-order valence-corrected chi connectivity index (χ0v) is 17.4. The second-order valence-corrected chi connectivity index (χ2v) is 7.68. The maximum atomic E-state index is 12.6. The van der Waals surface area contributed by atoms with Gasteiger partial charge in [0.1, 0.15) is 11.5 Å². The summed E-state index contributed by atoms with van der Waals surface area (Å²) in [6.45, 7) is 9.51. The van der Waals surface area contributed by atoms with E-state index in [2.05, 4.69) is 15.1 Å². The van der Waals surface area contributed by atoms with Crippen LogP contribution in [0.4, 0.5) is 5.69 Å². The highest BCUT2D eigenvalue weighted by Gasteiger charge is 2.26. The van der Waals surface area contributed by atoms with Gasteiger partial charge in [-0.15, -0.1) is 0 Å². The predicted molar refractivity (Wildman–Crippen MR) is 112 cm³/mol. The van der Waals surface area contributed by atoms with Crippen LogP contribution in [0.2, 0.25) is 0 Å². The van der Waals surface area contributed by atoms with Gasteiger partial charge in [0.2, 0.25) is 5.91 Å². The first-order valence-corrected chi connectivity index (χ1v) is 10.9. The molecule has 2 aliphatic rings. The highest BCUT2D eigenvalue weighted by Crippen LogP contribution is 2.29. The summed E-state index contributed by atoms with van der Waals surface area (Å²) in [5.41, 5.74) is 0.679. The summed E-state index contributed by atoms with van der Waals surface area (Å²) in [4.78, 5) is 17.5. The van der Waals surface area contributed by atoms with Gasteiger partial charge < -0.3 is 14.8 Å². The third-order valence-electron chi connectivity index (χ3n) is 5.70. The predicted octanol–water partition coefficient (Wildman–Crippen LogP) is 3.37. The molecule has 0 bridgehead atoms. The number of nitrogens with one attached hydrogen (secondary N) is 1. The van der Waals surface area contributed by atoms with E-state index in [0.717, 1.165) is 38.0 Å². The van der Waals surface area contributed by atoms with Crippen LogP contribution in [0.15, 0.2) is 18.2 Å². The van der Waals surface area contributed by atoms with Crippen LogP contribution in [0.25, 0.3) is 0 Å². The summed E-state index contributed by atoms with van der Waals surface area (Å²) in [6, 6.07) is 6.33. The van der Waals surface area contributed by atoms with Crippen LogP contribution in [0.1, 0.15) is 46.0 Å². The molecule has 0 unspecified atom stereocenters. The molecule has 1 aromatic carbocycles. The molecule has 1 aromatic rings. The molecule has 1 saturated carbocycles. The fourth-order valence-corrected chi connectivity index (χ4v) is 4.27. The molecule has 1 amide bonds. The van der Waals surface area contributed by atoms with Gasteiger partial charge in [-0.25, -0.2) is 0 Å². The van der Waals surface area contributed by atoms with Crippen molar-refractivity contribution in [3.8, 4) is 11.5 Å². The monoisotopic (exact) mass is 389 g/mol. The number of hydrogen-bond acceptors (Lipinski definition) is 5. The van der Waals surface area contributed by atoms with Crippen molar-refractivity contribution in [3.05, 3.63) is 18.2 Å². The summed E-state index contributed by atoms with van der Waals surface area (Å²) in [5, 5.41) is 3.02. The molecule has 6 heteroatoms. The van der Waals surface area contributed by atoms with Crippen LogP contribution in [-0.4, -0.2) is 67.7 Å². The molecule has 2 fully saturated rings. The number of nitrogens with zero attached hydrogens (tertiary/aromatic N) is 2. The summed E-state index contributed by atoms with van der Waals surface area (Å²) in [6.07, 6.45) is 6.82. The van der Waals surface area contributed by atoms with E-state index in [4.69, 9.17) is 9.47 Å². The highest BCUT2D eigenvalue weighted by atomic mass is 16.5. The van der Waals surface area contributed by atoms with Gasteiger partial charge in [-0.05, 0) is 38.8 Å². The molecule has 0 aromatic heterocycles. The molecule has 1 N–H and O–H groups in total. The van der Waals surface area contributed by atoms with Gasteiger partial charge in [-0.1, -0.05) is 19.3 Å². The summed E-state index contributed by atoms with van der Waals surface area (Å²) < 4.78 is 11.2. The van der Waals surface area contributed by atoms with Crippen LogP contribution in [0.5, 0.6) is 11.5 Å². The molecular weight excluding hydrogens is 354 g/mol. The molecule has 3 rings (SSSR count). The molecule has 1 aliphatic carbocycles. The van der Waals surface area contributed by atoms with E-state index in [1.165, 1.54) is 32.1 Å². The lowest BCUT2D eigenvalue weighted by Gasteiger charge is -2.40. The fraction of sp³-hybridized carbons (Fsp3) is 0.682. The van der Waals surface area contributed by atoms with Gasteiger partial charge >= 0.3 is 0 Å². The first kappa shape index (κ1) is 20.9. The van der Waals surface area contributed by atoms with Crippen LogP contribution in [0, 0.1) is 0 Å². The average Bonchev–Trinajstić information content (AvgIpc) is 2.71. The lowest BCUT2D eigenvalue weighted by atomic mass is 9.94. The van der Waals surface area contributed by atoms with E-state index in [1.54, 1.807) is 0 Å². The number of carbonyl (C=O) groups is 1. The molecule has 0 atom stereocenters. The van der Waals surface area contributed by atoms with E-state index in [-0.39, 0.29) is 5.91 Å². The van der Waals surface area contributed by atoms with Gasteiger partial charge in [0.05, 0.1) is 25.4 Å². The second-order valence-electron chi connectivity index (χ2n) is 7.68. The Morgan fingerprint density at radius 2 is 1.75 bits per heavy atom. The normalized spacial score (nSPS) is 19.4. The Kier molecular flexibility index (Phi) is 7.98. The molecule has 0 spiro atoms. The summed E-state index contributed by atoms with van der Waals surface area (Å²) >= 11 is 0. The Hall–Kier alpha value is -1.79. The van der Waals surface area contributed by atoms with E-state index >= 15 is 0 Å². The molecule has 0 radical (unpaired) electrons. The highest BCUT2D eigenvalue weighted by molar-refractivity contribution is 5.94. The van der Waals surface area contributed by atoms with Crippen molar-refractivity contribution in [2.75, 3.05) is 51.3 Å². The van der Waals surface area contributed by atoms with Crippen LogP contribution in [-0.2, 0) is 4.79 Å². The quantitative estimate of drug-likeness (QED) is 0.739. The molecule has 6 nitrogen and oxygen atoms in total. The summed E-state index contributed by atoms with van der Waals surface area (Å²) in [5.74, 6) is 1.42. The third kappa shape index (κ3) is 5.85. The van der Waals surface area contributed by atoms with Crippen LogP contribution >= 0.6 is 0 Å². The lowest BCUT2D eigenvalue weighted by Crippen LogP contribution is -2.52. The van der Waals surface area contributed by atoms with Crippen molar-refractivity contribution in [1.82, 2.24) is 9.80 Å². The van der Waals surface area contributed by atoms with Gasteiger partial charge in [0.25, 0.3) is 0 Å². The molecule has 28 heavy (non-hydrogen) atoms. The Morgan fingerprint density at radius 3 is 2.43 bits per heavy atom. The minimum Gasteiger partial charge on any atom is -0.494 e. The minimum absolute atomic E-state index is 0.000665. The first-order valence-electron chi connectivity index (χ1n) is 10.9. The topological polar surface area (TPSA) is 54.0 Å². The molecule has 1 heterocycles. The number of anilines is 1. The van der Waals surface area contributed by atoms with Crippen molar-refractivity contribution in [3.63, 3.8) is 0 Å². The largest absolute Gasteiger partial charge is 0.494 e. The van der Waals surface area contributed by atoms with Crippen molar-refractivity contribution < 1.29 is 14.3 Å². The van der Waals surface area contributed by atoms with E-state index in [0.29, 0.717) is 31.2 Å². The Bertz CT molecular complexity index is 623. The number of rotatable bonds is 8. The van der Waals surface area contributed by atoms with E-state index in [1.807, 2.05) is 32.0 Å². The fourth-order valence-electron chi connectivity index (χ4n) is 4.27. The van der Waals surface area contributed by atoms with Crippen LogP contribution < -0.4 is 14.8 Å². The maximum Gasteiger partial charge on any atom is 0.238 e. The van der Waals surface area contributed by atoms with Crippen molar-refractivity contribution in [2.45, 2.75) is 52.0 Å². The van der Waals surface area contributed by atoms with Gasteiger partial charge in [0.15, 0.2) is 0 Å². The standard InChI is InChI=1S/C22H35N3O3/c1-3-27-19-10-11-21(28-4-2)20(16-19)23-22(26)17-24-12-14-25(15-13-24)18-8-6-5-7-9-18/h10-11,16,18H,3-9,12-15,17H2,1-2H3,(H,23,26). The first-order chi connectivity index (χ1) is 13.7. The average molecular weight is 390 g/mol. The van der Waals surface area contributed by atoms with Crippen LogP contribution in [0.3, 0.4) is 0 Å². The van der Waals surface area contributed by atoms with Crippen molar-refractivity contribution in [2.24, 2.45) is 0 Å². The zero-order valence-electron chi connectivity index (χ0n) is 17.4. The van der Waals surface area contributed by atoms with E-state index < -0.39 is 0 Å².